The second kappa shape index (κ2) is 8.37. The van der Waals surface area contributed by atoms with Gasteiger partial charge in [0.15, 0.2) is 0 Å². The van der Waals surface area contributed by atoms with Gasteiger partial charge in [-0.25, -0.2) is 0 Å². The lowest BCUT2D eigenvalue weighted by Crippen LogP contribution is -2.16. The summed E-state index contributed by atoms with van der Waals surface area (Å²) in [5, 5.41) is 6.19. The highest BCUT2D eigenvalue weighted by atomic mass is 79.9. The van der Waals surface area contributed by atoms with E-state index in [1.807, 2.05) is 13.0 Å². The molecule has 2 aromatic carbocycles. The summed E-state index contributed by atoms with van der Waals surface area (Å²) in [7, 11) is 1.59. The number of hydrogen-bond acceptors (Lipinski definition) is 4. The Morgan fingerprint density at radius 1 is 1.00 bits per heavy atom. The van der Waals surface area contributed by atoms with Gasteiger partial charge in [0, 0.05) is 20.6 Å². The van der Waals surface area contributed by atoms with Gasteiger partial charge >= 0.3 is 0 Å². The molecule has 2 N–H and O–H groups in total. The van der Waals surface area contributed by atoms with Crippen molar-refractivity contribution in [2.24, 2.45) is 0 Å². The molecule has 5 nitrogen and oxygen atoms in total. The molecule has 1 heterocycles. The molecule has 0 fully saturated rings. The van der Waals surface area contributed by atoms with E-state index in [0.717, 1.165) is 9.35 Å². The third-order valence-electron chi connectivity index (χ3n) is 3.76. The normalized spacial score (nSPS) is 10.3. The van der Waals surface area contributed by atoms with Crippen molar-refractivity contribution < 1.29 is 14.3 Å². The maximum absolute atomic E-state index is 12.7. The van der Waals surface area contributed by atoms with Crippen LogP contribution in [0.5, 0.6) is 5.75 Å². The molecular formula is C20H17BrN2O3S. The first-order valence-corrected chi connectivity index (χ1v) is 9.70. The third kappa shape index (κ3) is 4.75. The lowest BCUT2D eigenvalue weighted by atomic mass is 10.2. The Labute approximate surface area is 169 Å². The summed E-state index contributed by atoms with van der Waals surface area (Å²) in [6, 6.07) is 15.9. The van der Waals surface area contributed by atoms with Crippen molar-refractivity contribution in [2.45, 2.75) is 6.92 Å². The SMILES string of the molecule is COc1ccc(NC(=O)c2cc(C)sc2NC(=O)c2cccc(Br)c2)cc1. The smallest absolute Gasteiger partial charge is 0.258 e. The van der Waals surface area contributed by atoms with Crippen LogP contribution in [0.15, 0.2) is 59.1 Å². The van der Waals surface area contributed by atoms with Crippen LogP contribution in [-0.2, 0) is 0 Å². The predicted octanol–water partition coefficient (Wildman–Crippen LogP) is 5.33. The lowest BCUT2D eigenvalue weighted by molar-refractivity contribution is 0.102. The maximum atomic E-state index is 12.7. The zero-order valence-corrected chi connectivity index (χ0v) is 17.1. The zero-order chi connectivity index (χ0) is 19.4. The van der Waals surface area contributed by atoms with Crippen molar-refractivity contribution in [1.82, 2.24) is 0 Å². The molecule has 27 heavy (non-hydrogen) atoms. The van der Waals surface area contributed by atoms with Gasteiger partial charge in [-0.2, -0.15) is 0 Å². The Kier molecular flexibility index (Phi) is 5.93. The molecule has 3 aromatic rings. The number of anilines is 2. The second-order valence-corrected chi connectivity index (χ2v) is 7.92. The Morgan fingerprint density at radius 2 is 1.74 bits per heavy atom. The lowest BCUT2D eigenvalue weighted by Gasteiger charge is -2.08. The first-order chi connectivity index (χ1) is 13.0. The zero-order valence-electron chi connectivity index (χ0n) is 14.7. The molecule has 2 amide bonds. The number of carbonyl (C=O) groups excluding carboxylic acids is 2. The van der Waals surface area contributed by atoms with Gasteiger partial charge in [-0.1, -0.05) is 22.0 Å². The van der Waals surface area contributed by atoms with Gasteiger partial charge in [-0.3, -0.25) is 9.59 Å². The van der Waals surface area contributed by atoms with Crippen LogP contribution in [0, 0.1) is 6.92 Å². The van der Waals surface area contributed by atoms with Crippen molar-refractivity contribution in [3.05, 3.63) is 75.1 Å². The number of amides is 2. The van der Waals surface area contributed by atoms with Gasteiger partial charge in [-0.05, 0) is 55.5 Å². The van der Waals surface area contributed by atoms with E-state index in [-0.39, 0.29) is 11.8 Å². The molecule has 0 bridgehead atoms. The maximum Gasteiger partial charge on any atom is 0.258 e. The van der Waals surface area contributed by atoms with Crippen LogP contribution in [0.2, 0.25) is 0 Å². The van der Waals surface area contributed by atoms with E-state index in [1.54, 1.807) is 55.6 Å². The second-order valence-electron chi connectivity index (χ2n) is 5.75. The molecule has 0 aliphatic carbocycles. The van der Waals surface area contributed by atoms with Crippen LogP contribution in [-0.4, -0.2) is 18.9 Å². The standard InChI is InChI=1S/C20H17BrN2O3S/c1-12-10-17(19(25)22-15-6-8-16(26-2)9-7-15)20(27-12)23-18(24)13-4-3-5-14(21)11-13/h3-11H,1-2H3,(H,22,25)(H,23,24). The summed E-state index contributed by atoms with van der Waals surface area (Å²) in [5.41, 5.74) is 1.59. The minimum absolute atomic E-state index is 0.267. The van der Waals surface area contributed by atoms with Crippen LogP contribution in [0.3, 0.4) is 0 Å². The Morgan fingerprint density at radius 3 is 2.41 bits per heavy atom. The summed E-state index contributed by atoms with van der Waals surface area (Å²) in [6.45, 7) is 1.89. The number of nitrogens with one attached hydrogen (secondary N) is 2. The van der Waals surface area contributed by atoms with Crippen molar-refractivity contribution >= 4 is 49.8 Å². The Bertz CT molecular complexity index is 983. The van der Waals surface area contributed by atoms with Crippen LogP contribution >= 0.6 is 27.3 Å². The molecular weight excluding hydrogens is 428 g/mol. The van der Waals surface area contributed by atoms with Gasteiger partial charge in [0.2, 0.25) is 0 Å². The van der Waals surface area contributed by atoms with Gasteiger partial charge < -0.3 is 15.4 Å². The van der Waals surface area contributed by atoms with Crippen molar-refractivity contribution in [3.8, 4) is 5.75 Å². The van der Waals surface area contributed by atoms with Gasteiger partial charge in [-0.15, -0.1) is 11.3 Å². The molecule has 138 valence electrons. The molecule has 0 atom stereocenters. The van der Waals surface area contributed by atoms with E-state index < -0.39 is 0 Å². The summed E-state index contributed by atoms with van der Waals surface area (Å²) < 4.78 is 5.93. The summed E-state index contributed by atoms with van der Waals surface area (Å²) in [5.74, 6) is 0.159. The predicted molar refractivity (Wildman–Crippen MR) is 112 cm³/mol. The number of thiophene rings is 1. The molecule has 0 aliphatic heterocycles. The van der Waals surface area contributed by atoms with Gasteiger partial charge in [0.25, 0.3) is 11.8 Å². The number of methoxy groups -OCH3 is 1. The number of rotatable bonds is 5. The number of halogens is 1. The summed E-state index contributed by atoms with van der Waals surface area (Å²) >= 11 is 4.72. The topological polar surface area (TPSA) is 67.4 Å². The fourth-order valence-corrected chi connectivity index (χ4v) is 3.76. The van der Waals surface area contributed by atoms with E-state index in [1.165, 1.54) is 11.3 Å². The largest absolute Gasteiger partial charge is 0.497 e. The molecule has 0 unspecified atom stereocenters. The van der Waals surface area contributed by atoms with E-state index in [2.05, 4.69) is 26.6 Å². The van der Waals surface area contributed by atoms with Crippen LogP contribution in [0.4, 0.5) is 10.7 Å². The molecule has 3 rings (SSSR count). The Hall–Kier alpha value is -2.64. The van der Waals surface area contributed by atoms with Crippen LogP contribution < -0.4 is 15.4 Å². The van der Waals surface area contributed by atoms with Gasteiger partial charge in [0.05, 0.1) is 12.7 Å². The quantitative estimate of drug-likeness (QED) is 0.558. The average Bonchev–Trinajstić information content (AvgIpc) is 3.02. The average molecular weight is 445 g/mol. The first-order valence-electron chi connectivity index (χ1n) is 8.09. The van der Waals surface area contributed by atoms with Crippen molar-refractivity contribution in [2.75, 3.05) is 17.7 Å². The molecule has 7 heteroatoms. The molecule has 0 spiro atoms. The summed E-state index contributed by atoms with van der Waals surface area (Å²) in [6.07, 6.45) is 0. The van der Waals surface area contributed by atoms with Gasteiger partial charge in [0.1, 0.15) is 10.8 Å². The molecule has 0 saturated heterocycles. The number of ether oxygens (including phenoxy) is 1. The highest BCUT2D eigenvalue weighted by Gasteiger charge is 2.18. The summed E-state index contributed by atoms with van der Waals surface area (Å²) in [4.78, 5) is 26.1. The monoisotopic (exact) mass is 444 g/mol. The minimum atomic E-state index is -0.283. The van der Waals surface area contributed by atoms with Crippen LogP contribution in [0.1, 0.15) is 25.6 Å². The number of hydrogen-bond donors (Lipinski definition) is 2. The van der Waals surface area contributed by atoms with Crippen molar-refractivity contribution in [1.29, 1.82) is 0 Å². The number of carbonyl (C=O) groups is 2. The highest BCUT2D eigenvalue weighted by molar-refractivity contribution is 9.10. The molecule has 1 aromatic heterocycles. The minimum Gasteiger partial charge on any atom is -0.497 e. The fraction of sp³-hybridized carbons (Fsp3) is 0.100. The van der Waals surface area contributed by atoms with E-state index >= 15 is 0 Å². The van der Waals surface area contributed by atoms with E-state index in [4.69, 9.17) is 4.74 Å². The Balaban J connectivity index is 1.78. The molecule has 0 radical (unpaired) electrons. The number of aryl methyl sites for hydroxylation is 1. The first kappa shape index (κ1) is 19.1. The van der Waals surface area contributed by atoms with E-state index in [0.29, 0.717) is 27.6 Å². The molecule has 0 aliphatic rings. The van der Waals surface area contributed by atoms with Crippen LogP contribution in [0.25, 0.3) is 0 Å². The fourth-order valence-electron chi connectivity index (χ4n) is 2.45. The van der Waals surface area contributed by atoms with E-state index in [9.17, 15) is 9.59 Å². The number of benzene rings is 2. The van der Waals surface area contributed by atoms with Crippen molar-refractivity contribution in [3.63, 3.8) is 0 Å². The molecule has 0 saturated carbocycles. The third-order valence-corrected chi connectivity index (χ3v) is 5.22. The highest BCUT2D eigenvalue weighted by Crippen LogP contribution is 2.29.